The fourth-order valence-electron chi connectivity index (χ4n) is 2.54. The smallest absolute Gasteiger partial charge is 0.267 e. The first-order valence-corrected chi connectivity index (χ1v) is 7.71. The lowest BCUT2D eigenvalue weighted by Gasteiger charge is -2.04. The van der Waals surface area contributed by atoms with Crippen molar-refractivity contribution >= 4 is 23.0 Å². The van der Waals surface area contributed by atoms with Crippen LogP contribution in [-0.4, -0.2) is 20.6 Å². The van der Waals surface area contributed by atoms with E-state index in [1.165, 1.54) is 0 Å². The monoisotopic (exact) mass is 336 g/mol. The molecule has 0 saturated heterocycles. The number of aromatic nitrogens is 2. The summed E-state index contributed by atoms with van der Waals surface area (Å²) in [7, 11) is 1.79. The normalized spacial score (nSPS) is 12.8. The highest BCUT2D eigenvalue weighted by atomic mass is 16.3. The zero-order chi connectivity index (χ0) is 18.7. The van der Waals surface area contributed by atoms with Gasteiger partial charge in [0.25, 0.3) is 5.91 Å². The first-order chi connectivity index (χ1) is 11.8. The summed E-state index contributed by atoms with van der Waals surface area (Å²) >= 11 is 0. The van der Waals surface area contributed by atoms with Gasteiger partial charge < -0.3 is 15.4 Å². The summed E-state index contributed by atoms with van der Waals surface area (Å²) in [5, 5.41) is 19.7. The summed E-state index contributed by atoms with van der Waals surface area (Å²) in [6, 6.07) is 3.79. The molecule has 0 radical (unpaired) electrons. The Bertz CT molecular complexity index is 985. The van der Waals surface area contributed by atoms with Crippen molar-refractivity contribution < 1.29 is 9.90 Å². The molecule has 0 aliphatic rings. The lowest BCUT2D eigenvalue weighted by atomic mass is 10.0. The van der Waals surface area contributed by atoms with Crippen LogP contribution in [0.15, 0.2) is 35.6 Å². The quantitative estimate of drug-likeness (QED) is 0.660. The number of allylic oxidation sites excluding steroid dienone is 4. The van der Waals surface area contributed by atoms with Crippen LogP contribution in [0.4, 0.5) is 0 Å². The molecule has 2 heterocycles. The van der Waals surface area contributed by atoms with E-state index in [4.69, 9.17) is 5.73 Å². The maximum Gasteiger partial charge on any atom is 0.267 e. The number of primary amides is 1. The SMILES string of the molecule is C/C=C(O)/C=C\C(C)=C\c1cc(C(N)=O)nc2c1c(C#N)c(C)n2C. The minimum absolute atomic E-state index is 0.136. The summed E-state index contributed by atoms with van der Waals surface area (Å²) in [5.41, 5.74) is 8.86. The average Bonchev–Trinajstić information content (AvgIpc) is 2.83. The molecule has 0 aromatic carbocycles. The van der Waals surface area contributed by atoms with Crippen LogP contribution < -0.4 is 5.73 Å². The summed E-state index contributed by atoms with van der Waals surface area (Å²) in [6.07, 6.45) is 6.72. The molecule has 3 N–H and O–H groups in total. The number of fused-ring (bicyclic) bond motifs is 1. The number of nitrogens with two attached hydrogens (primary N) is 1. The molecule has 0 fully saturated rings. The van der Waals surface area contributed by atoms with Gasteiger partial charge >= 0.3 is 0 Å². The Hall–Kier alpha value is -3.33. The maximum atomic E-state index is 11.6. The third-order valence-corrected chi connectivity index (χ3v) is 4.02. The second-order valence-electron chi connectivity index (χ2n) is 5.73. The van der Waals surface area contributed by atoms with E-state index in [-0.39, 0.29) is 11.5 Å². The lowest BCUT2D eigenvalue weighted by Crippen LogP contribution is -2.13. The third-order valence-electron chi connectivity index (χ3n) is 4.02. The van der Waals surface area contributed by atoms with E-state index in [1.807, 2.05) is 19.9 Å². The fourth-order valence-corrected chi connectivity index (χ4v) is 2.54. The van der Waals surface area contributed by atoms with E-state index in [9.17, 15) is 15.2 Å². The number of pyridine rings is 1. The van der Waals surface area contributed by atoms with Crippen LogP contribution in [0, 0.1) is 18.3 Å². The summed E-state index contributed by atoms with van der Waals surface area (Å²) < 4.78 is 1.77. The lowest BCUT2D eigenvalue weighted by molar-refractivity contribution is 0.0996. The molecule has 2 rings (SSSR count). The number of amides is 1. The first kappa shape index (κ1) is 18.0. The standard InChI is InChI=1S/C19H20N4O2/c1-5-14(24)7-6-11(2)8-13-9-16(18(21)25)22-19-17(13)15(10-20)12(3)23(19)4/h5-9,24H,1-4H3,(H2,21,25)/b7-6-,11-8+,14-5-. The van der Waals surface area contributed by atoms with Gasteiger partial charge in [-0.3, -0.25) is 4.79 Å². The zero-order valence-corrected chi connectivity index (χ0v) is 14.7. The van der Waals surface area contributed by atoms with Gasteiger partial charge in [0.2, 0.25) is 0 Å². The highest BCUT2D eigenvalue weighted by molar-refractivity contribution is 5.99. The predicted molar refractivity (Wildman–Crippen MR) is 97.9 cm³/mol. The molecule has 6 nitrogen and oxygen atoms in total. The number of aliphatic hydroxyl groups excluding tert-OH is 1. The number of hydrogen-bond acceptors (Lipinski definition) is 4. The Morgan fingerprint density at radius 3 is 2.68 bits per heavy atom. The number of carbonyl (C=O) groups excluding carboxylic acids is 1. The van der Waals surface area contributed by atoms with Crippen molar-refractivity contribution in [1.29, 1.82) is 5.26 Å². The van der Waals surface area contributed by atoms with Crippen LogP contribution in [0.1, 0.15) is 41.2 Å². The number of nitrogens with zero attached hydrogens (tertiary/aromatic N) is 3. The Kier molecular flexibility index (Phi) is 5.08. The maximum absolute atomic E-state index is 11.6. The van der Waals surface area contributed by atoms with E-state index in [2.05, 4.69) is 11.1 Å². The highest BCUT2D eigenvalue weighted by Crippen LogP contribution is 2.28. The molecule has 0 aliphatic carbocycles. The predicted octanol–water partition coefficient (Wildman–Crippen LogP) is 3.27. The van der Waals surface area contributed by atoms with Crippen molar-refractivity contribution in [2.75, 3.05) is 0 Å². The molecule has 0 spiro atoms. The van der Waals surface area contributed by atoms with Gasteiger partial charge in [-0.2, -0.15) is 5.26 Å². The number of carbonyl (C=O) groups is 1. The largest absolute Gasteiger partial charge is 0.508 e. The molecule has 0 saturated carbocycles. The van der Waals surface area contributed by atoms with Crippen molar-refractivity contribution in [1.82, 2.24) is 9.55 Å². The van der Waals surface area contributed by atoms with Crippen molar-refractivity contribution in [3.05, 3.63) is 58.1 Å². The van der Waals surface area contributed by atoms with Gasteiger partial charge in [0.15, 0.2) is 0 Å². The second-order valence-corrected chi connectivity index (χ2v) is 5.73. The molecule has 0 atom stereocenters. The number of rotatable bonds is 4. The third kappa shape index (κ3) is 3.45. The Balaban J connectivity index is 2.77. The fraction of sp³-hybridized carbons (Fsp3) is 0.211. The molecular formula is C19H20N4O2. The number of nitriles is 1. The van der Waals surface area contributed by atoms with Crippen LogP contribution in [0.3, 0.4) is 0 Å². The van der Waals surface area contributed by atoms with Crippen molar-refractivity contribution in [2.45, 2.75) is 20.8 Å². The number of aliphatic hydroxyl groups is 1. The summed E-state index contributed by atoms with van der Waals surface area (Å²) in [6.45, 7) is 5.42. The molecule has 0 aliphatic heterocycles. The van der Waals surface area contributed by atoms with E-state index in [0.29, 0.717) is 22.2 Å². The van der Waals surface area contributed by atoms with E-state index in [1.54, 1.807) is 42.8 Å². The molecular weight excluding hydrogens is 316 g/mol. The van der Waals surface area contributed by atoms with Gasteiger partial charge in [-0.25, -0.2) is 4.98 Å². The van der Waals surface area contributed by atoms with Crippen molar-refractivity contribution in [2.24, 2.45) is 12.8 Å². The highest BCUT2D eigenvalue weighted by Gasteiger charge is 2.18. The number of aryl methyl sites for hydroxylation is 1. The van der Waals surface area contributed by atoms with Gasteiger partial charge in [-0.05, 0) is 44.6 Å². The number of hydrogen-bond donors (Lipinski definition) is 2. The van der Waals surface area contributed by atoms with Gasteiger partial charge in [-0.1, -0.05) is 17.7 Å². The van der Waals surface area contributed by atoms with E-state index in [0.717, 1.165) is 11.3 Å². The minimum Gasteiger partial charge on any atom is -0.508 e. The Morgan fingerprint density at radius 2 is 2.12 bits per heavy atom. The molecule has 6 heteroatoms. The molecule has 2 aromatic heterocycles. The first-order valence-electron chi connectivity index (χ1n) is 7.71. The van der Waals surface area contributed by atoms with Crippen molar-refractivity contribution in [3.8, 4) is 6.07 Å². The summed E-state index contributed by atoms with van der Waals surface area (Å²) in [4.78, 5) is 15.9. The van der Waals surface area contributed by atoms with Crippen LogP contribution in [0.5, 0.6) is 0 Å². The van der Waals surface area contributed by atoms with Crippen LogP contribution in [0.25, 0.3) is 17.1 Å². The van der Waals surface area contributed by atoms with E-state index >= 15 is 0 Å². The molecule has 128 valence electrons. The van der Waals surface area contributed by atoms with Crippen molar-refractivity contribution in [3.63, 3.8) is 0 Å². The second kappa shape index (κ2) is 7.05. The van der Waals surface area contributed by atoms with Gasteiger partial charge in [-0.15, -0.1) is 0 Å². The van der Waals surface area contributed by atoms with Crippen LogP contribution >= 0.6 is 0 Å². The Labute approximate surface area is 146 Å². The molecule has 2 aromatic rings. The zero-order valence-electron chi connectivity index (χ0n) is 14.7. The van der Waals surface area contributed by atoms with Gasteiger partial charge in [0, 0.05) is 18.1 Å². The van der Waals surface area contributed by atoms with Crippen LogP contribution in [-0.2, 0) is 7.05 Å². The average molecular weight is 336 g/mol. The van der Waals surface area contributed by atoms with Crippen LogP contribution in [0.2, 0.25) is 0 Å². The minimum atomic E-state index is -0.631. The topological polar surface area (TPSA) is 105 Å². The Morgan fingerprint density at radius 1 is 1.44 bits per heavy atom. The van der Waals surface area contributed by atoms with Gasteiger partial charge in [0.05, 0.1) is 5.56 Å². The van der Waals surface area contributed by atoms with E-state index < -0.39 is 5.91 Å². The van der Waals surface area contributed by atoms with Gasteiger partial charge in [0.1, 0.15) is 23.2 Å². The molecule has 0 bridgehead atoms. The molecule has 0 unspecified atom stereocenters. The molecule has 1 amide bonds. The summed E-state index contributed by atoms with van der Waals surface area (Å²) in [5.74, 6) is -0.479. The molecule has 25 heavy (non-hydrogen) atoms.